The van der Waals surface area contributed by atoms with Crippen LogP contribution < -0.4 is 10.2 Å². The summed E-state index contributed by atoms with van der Waals surface area (Å²) < 4.78 is 7.26. The number of hydrogen-bond acceptors (Lipinski definition) is 4. The summed E-state index contributed by atoms with van der Waals surface area (Å²) in [7, 11) is 1.81. The molecule has 0 atom stereocenters. The number of carbonyl (C=O) groups is 1. The third kappa shape index (κ3) is 4.46. The van der Waals surface area contributed by atoms with Crippen molar-refractivity contribution < 1.29 is 9.53 Å². The van der Waals surface area contributed by atoms with Gasteiger partial charge in [-0.3, -0.25) is 4.79 Å². The topological polar surface area (TPSA) is 79.4 Å². The van der Waals surface area contributed by atoms with Gasteiger partial charge in [0, 0.05) is 18.3 Å². The maximum absolute atomic E-state index is 11.9. The van der Waals surface area contributed by atoms with E-state index in [1.807, 2.05) is 61.5 Å². The van der Waals surface area contributed by atoms with Crippen molar-refractivity contribution in [3.63, 3.8) is 0 Å². The molecule has 0 radical (unpaired) electrons. The van der Waals surface area contributed by atoms with Gasteiger partial charge in [0.1, 0.15) is 17.5 Å². The van der Waals surface area contributed by atoms with Gasteiger partial charge in [0.25, 0.3) is 5.91 Å². The fraction of sp³-hybridized carbons (Fsp3) is 0.136. The van der Waals surface area contributed by atoms with Crippen molar-refractivity contribution in [2.45, 2.75) is 6.92 Å². The molecule has 1 heterocycles. The van der Waals surface area contributed by atoms with Gasteiger partial charge in [0.15, 0.2) is 6.61 Å². The molecule has 2 aromatic carbocycles. The number of hydrazone groups is 1. The molecular formula is C22H20N4O2. The van der Waals surface area contributed by atoms with Crippen molar-refractivity contribution >= 4 is 12.1 Å². The zero-order chi connectivity index (χ0) is 19.9. The Labute approximate surface area is 163 Å². The summed E-state index contributed by atoms with van der Waals surface area (Å²) in [6.07, 6.45) is 1.52. The molecule has 1 aromatic heterocycles. The monoisotopic (exact) mass is 372 g/mol. The number of ether oxygens (including phenoxy) is 1. The Kier molecular flexibility index (Phi) is 5.87. The van der Waals surface area contributed by atoms with Gasteiger partial charge in [-0.2, -0.15) is 10.4 Å². The van der Waals surface area contributed by atoms with Gasteiger partial charge < -0.3 is 9.30 Å². The van der Waals surface area contributed by atoms with E-state index in [0.717, 1.165) is 22.4 Å². The summed E-state index contributed by atoms with van der Waals surface area (Å²) in [4.78, 5) is 11.9. The molecule has 3 aromatic rings. The summed E-state index contributed by atoms with van der Waals surface area (Å²) in [6.45, 7) is 1.74. The van der Waals surface area contributed by atoms with Gasteiger partial charge in [-0.1, -0.05) is 42.5 Å². The molecule has 0 saturated carbocycles. The van der Waals surface area contributed by atoms with Crippen LogP contribution in [-0.4, -0.2) is 23.3 Å². The van der Waals surface area contributed by atoms with Crippen LogP contribution in [0.15, 0.2) is 65.8 Å². The predicted molar refractivity (Wildman–Crippen MR) is 108 cm³/mol. The number of nitrogens with zero attached hydrogens (tertiary/aromatic N) is 3. The summed E-state index contributed by atoms with van der Waals surface area (Å²) >= 11 is 0. The first kappa shape index (κ1) is 18.9. The average Bonchev–Trinajstić information content (AvgIpc) is 3.01. The standard InChI is InChI=1S/C22H20N4O2/c1-16-19(12-20(13-23)26(16)2)14-24-25-22(27)15-28-21-10-8-18(9-11-21)17-6-4-3-5-7-17/h3-12,14H,15H2,1-2H3,(H,25,27)/b24-14+. The van der Waals surface area contributed by atoms with Crippen molar-refractivity contribution in [3.05, 3.63) is 77.6 Å². The van der Waals surface area contributed by atoms with E-state index in [1.54, 1.807) is 17.7 Å². The Morgan fingerprint density at radius 3 is 2.50 bits per heavy atom. The molecule has 0 bridgehead atoms. The molecule has 6 heteroatoms. The highest BCUT2D eigenvalue weighted by Crippen LogP contribution is 2.21. The number of amides is 1. The van der Waals surface area contributed by atoms with Gasteiger partial charge in [-0.25, -0.2) is 5.43 Å². The number of aromatic nitrogens is 1. The smallest absolute Gasteiger partial charge is 0.277 e. The summed E-state index contributed by atoms with van der Waals surface area (Å²) in [6, 6.07) is 21.4. The van der Waals surface area contributed by atoms with Crippen LogP contribution in [0.4, 0.5) is 0 Å². The van der Waals surface area contributed by atoms with E-state index in [-0.39, 0.29) is 12.5 Å². The maximum Gasteiger partial charge on any atom is 0.277 e. The van der Waals surface area contributed by atoms with Gasteiger partial charge in [-0.15, -0.1) is 0 Å². The highest BCUT2D eigenvalue weighted by Gasteiger charge is 2.07. The molecule has 0 fully saturated rings. The van der Waals surface area contributed by atoms with Crippen LogP contribution in [0.5, 0.6) is 5.75 Å². The number of nitrogens with one attached hydrogen (secondary N) is 1. The molecule has 0 saturated heterocycles. The summed E-state index contributed by atoms with van der Waals surface area (Å²) in [5.74, 6) is 0.244. The van der Waals surface area contributed by atoms with Crippen LogP contribution in [0.25, 0.3) is 11.1 Å². The van der Waals surface area contributed by atoms with Gasteiger partial charge >= 0.3 is 0 Å². The van der Waals surface area contributed by atoms with Crippen LogP contribution >= 0.6 is 0 Å². The van der Waals surface area contributed by atoms with E-state index in [2.05, 4.69) is 16.6 Å². The third-order valence-electron chi connectivity index (χ3n) is 4.41. The molecule has 1 N–H and O–H groups in total. The lowest BCUT2D eigenvalue weighted by atomic mass is 10.1. The molecule has 6 nitrogen and oxygen atoms in total. The minimum atomic E-state index is -0.363. The number of rotatable bonds is 6. The zero-order valence-corrected chi connectivity index (χ0v) is 15.7. The number of nitriles is 1. The van der Waals surface area contributed by atoms with Crippen LogP contribution in [-0.2, 0) is 11.8 Å². The first-order chi connectivity index (χ1) is 13.6. The quantitative estimate of drug-likeness (QED) is 0.532. The van der Waals surface area contributed by atoms with Crippen molar-refractivity contribution in [1.29, 1.82) is 5.26 Å². The summed E-state index contributed by atoms with van der Waals surface area (Å²) in [5.41, 5.74) is 6.83. The Morgan fingerprint density at radius 1 is 1.18 bits per heavy atom. The van der Waals surface area contributed by atoms with E-state index < -0.39 is 0 Å². The molecule has 140 valence electrons. The Balaban J connectivity index is 1.51. The first-order valence-electron chi connectivity index (χ1n) is 8.75. The molecule has 28 heavy (non-hydrogen) atoms. The van der Waals surface area contributed by atoms with Crippen LogP contribution in [0.1, 0.15) is 17.0 Å². The molecule has 3 rings (SSSR count). The first-order valence-corrected chi connectivity index (χ1v) is 8.75. The second-order valence-electron chi connectivity index (χ2n) is 6.21. The lowest BCUT2D eigenvalue weighted by Gasteiger charge is -2.06. The van der Waals surface area contributed by atoms with Crippen molar-refractivity contribution in [2.75, 3.05) is 6.61 Å². The molecule has 0 aliphatic carbocycles. The minimum absolute atomic E-state index is 0.140. The van der Waals surface area contributed by atoms with Crippen LogP contribution in [0, 0.1) is 18.3 Å². The largest absolute Gasteiger partial charge is 0.484 e. The Hall–Kier alpha value is -3.85. The average molecular weight is 372 g/mol. The fourth-order valence-electron chi connectivity index (χ4n) is 2.69. The predicted octanol–water partition coefficient (Wildman–Crippen LogP) is 3.40. The van der Waals surface area contributed by atoms with Gasteiger partial charge in [-0.05, 0) is 36.2 Å². The molecule has 0 spiro atoms. The van der Waals surface area contributed by atoms with Crippen LogP contribution in [0.2, 0.25) is 0 Å². The second-order valence-corrected chi connectivity index (χ2v) is 6.21. The van der Waals surface area contributed by atoms with Crippen molar-refractivity contribution in [2.24, 2.45) is 12.1 Å². The minimum Gasteiger partial charge on any atom is -0.484 e. The lowest BCUT2D eigenvalue weighted by molar-refractivity contribution is -0.123. The third-order valence-corrected chi connectivity index (χ3v) is 4.41. The Bertz CT molecular complexity index is 1030. The molecular weight excluding hydrogens is 352 g/mol. The second kappa shape index (κ2) is 8.69. The highest BCUT2D eigenvalue weighted by molar-refractivity contribution is 5.84. The molecule has 1 amide bonds. The van der Waals surface area contributed by atoms with Gasteiger partial charge in [0.05, 0.1) is 6.21 Å². The molecule has 0 aliphatic heterocycles. The highest BCUT2D eigenvalue weighted by atomic mass is 16.5. The fourth-order valence-corrected chi connectivity index (χ4v) is 2.69. The van der Waals surface area contributed by atoms with Crippen LogP contribution in [0.3, 0.4) is 0 Å². The lowest BCUT2D eigenvalue weighted by Crippen LogP contribution is -2.24. The van der Waals surface area contributed by atoms with Crippen molar-refractivity contribution in [3.8, 4) is 22.9 Å². The number of benzene rings is 2. The van der Waals surface area contributed by atoms with E-state index in [1.165, 1.54) is 6.21 Å². The van der Waals surface area contributed by atoms with E-state index in [9.17, 15) is 4.79 Å². The summed E-state index contributed by atoms with van der Waals surface area (Å²) in [5, 5.41) is 13.0. The van der Waals surface area contributed by atoms with E-state index >= 15 is 0 Å². The Morgan fingerprint density at radius 2 is 1.86 bits per heavy atom. The zero-order valence-electron chi connectivity index (χ0n) is 15.7. The van der Waals surface area contributed by atoms with Gasteiger partial charge in [0.2, 0.25) is 0 Å². The van der Waals surface area contributed by atoms with E-state index in [4.69, 9.17) is 10.00 Å². The number of carbonyl (C=O) groups excluding carboxylic acids is 1. The van der Waals surface area contributed by atoms with E-state index in [0.29, 0.717) is 11.4 Å². The number of hydrogen-bond donors (Lipinski definition) is 1. The normalized spacial score (nSPS) is 10.6. The molecule has 0 aliphatic rings. The SMILES string of the molecule is Cc1c(/C=N/NC(=O)COc2ccc(-c3ccccc3)cc2)cc(C#N)n1C. The maximum atomic E-state index is 11.9. The van der Waals surface area contributed by atoms with Crippen molar-refractivity contribution in [1.82, 2.24) is 9.99 Å². The molecule has 0 unspecified atom stereocenters.